The third-order valence-corrected chi connectivity index (χ3v) is 4.31. The highest BCUT2D eigenvalue weighted by Crippen LogP contribution is 2.20. The minimum atomic E-state index is -0.0640. The molecule has 0 aromatic heterocycles. The molecule has 1 aliphatic rings. The standard InChI is InChI=1S/C14H18ClNO2S/c15-12-7-5-11(6-8-12)9-19-10-14(17)16-18-13-3-1-2-4-13/h5-8,13H,1-4,9-10H2,(H,16,17). The van der Waals surface area contributed by atoms with Crippen molar-refractivity contribution in [2.75, 3.05) is 5.75 Å². The predicted octanol–water partition coefficient (Wildman–Crippen LogP) is 3.56. The number of hydrogen-bond donors (Lipinski definition) is 1. The molecule has 104 valence electrons. The van der Waals surface area contributed by atoms with Crippen LogP contribution in [0.15, 0.2) is 24.3 Å². The number of carbonyl (C=O) groups excluding carboxylic acids is 1. The summed E-state index contributed by atoms with van der Waals surface area (Å²) in [6, 6.07) is 7.67. The monoisotopic (exact) mass is 299 g/mol. The molecular weight excluding hydrogens is 282 g/mol. The maximum atomic E-state index is 11.6. The van der Waals surface area contributed by atoms with Gasteiger partial charge in [0.05, 0.1) is 11.9 Å². The molecule has 1 amide bonds. The maximum absolute atomic E-state index is 11.6. The smallest absolute Gasteiger partial charge is 0.253 e. The van der Waals surface area contributed by atoms with E-state index < -0.39 is 0 Å². The molecule has 19 heavy (non-hydrogen) atoms. The van der Waals surface area contributed by atoms with Gasteiger partial charge in [0.1, 0.15) is 0 Å². The minimum Gasteiger partial charge on any atom is -0.272 e. The van der Waals surface area contributed by atoms with Gasteiger partial charge in [0.15, 0.2) is 0 Å². The third-order valence-electron chi connectivity index (χ3n) is 3.06. The zero-order chi connectivity index (χ0) is 13.5. The summed E-state index contributed by atoms with van der Waals surface area (Å²) in [4.78, 5) is 16.9. The van der Waals surface area contributed by atoms with Crippen molar-refractivity contribution in [3.8, 4) is 0 Å². The summed E-state index contributed by atoms with van der Waals surface area (Å²) in [6.07, 6.45) is 4.72. The first-order valence-corrected chi connectivity index (χ1v) is 8.04. The second-order valence-corrected chi connectivity index (χ2v) is 6.09. The SMILES string of the molecule is O=C(CSCc1ccc(Cl)cc1)NOC1CCCC1. The molecule has 1 fully saturated rings. The molecule has 0 radical (unpaired) electrons. The van der Waals surface area contributed by atoms with Crippen LogP contribution in [0.5, 0.6) is 0 Å². The fraction of sp³-hybridized carbons (Fsp3) is 0.500. The van der Waals surface area contributed by atoms with Crippen molar-refractivity contribution >= 4 is 29.3 Å². The third kappa shape index (κ3) is 5.43. The Morgan fingerprint density at radius 3 is 2.68 bits per heavy atom. The van der Waals surface area contributed by atoms with E-state index in [1.54, 1.807) is 11.8 Å². The largest absolute Gasteiger partial charge is 0.272 e. The second-order valence-electron chi connectivity index (χ2n) is 4.67. The van der Waals surface area contributed by atoms with E-state index in [0.717, 1.165) is 23.6 Å². The second kappa shape index (κ2) is 7.78. The molecule has 1 aromatic rings. The van der Waals surface area contributed by atoms with Gasteiger partial charge in [0, 0.05) is 10.8 Å². The lowest BCUT2D eigenvalue weighted by molar-refractivity contribution is -0.135. The van der Waals surface area contributed by atoms with Crippen LogP contribution in [0.1, 0.15) is 31.2 Å². The summed E-state index contributed by atoms with van der Waals surface area (Å²) in [6.45, 7) is 0. The first kappa shape index (κ1) is 14.7. The number of hydrogen-bond acceptors (Lipinski definition) is 3. The lowest BCUT2D eigenvalue weighted by Crippen LogP contribution is -2.29. The van der Waals surface area contributed by atoms with Gasteiger partial charge >= 0.3 is 0 Å². The van der Waals surface area contributed by atoms with Crippen LogP contribution in [0.3, 0.4) is 0 Å². The van der Waals surface area contributed by atoms with E-state index in [0.29, 0.717) is 5.75 Å². The molecule has 3 nitrogen and oxygen atoms in total. The predicted molar refractivity (Wildman–Crippen MR) is 79.1 cm³/mol. The highest BCUT2D eigenvalue weighted by molar-refractivity contribution is 7.99. The fourth-order valence-electron chi connectivity index (χ4n) is 2.03. The van der Waals surface area contributed by atoms with Gasteiger partial charge in [-0.2, -0.15) is 0 Å². The number of thioether (sulfide) groups is 1. The van der Waals surface area contributed by atoms with Gasteiger partial charge < -0.3 is 0 Å². The summed E-state index contributed by atoms with van der Waals surface area (Å²) in [7, 11) is 0. The highest BCUT2D eigenvalue weighted by atomic mass is 35.5. The molecule has 0 atom stereocenters. The molecule has 1 N–H and O–H groups in total. The number of rotatable bonds is 6. The van der Waals surface area contributed by atoms with E-state index in [1.807, 2.05) is 24.3 Å². The Morgan fingerprint density at radius 1 is 1.32 bits per heavy atom. The number of halogens is 1. The Hall–Kier alpha value is -0.710. The van der Waals surface area contributed by atoms with Crippen molar-refractivity contribution in [2.45, 2.75) is 37.5 Å². The lowest BCUT2D eigenvalue weighted by atomic mass is 10.2. The zero-order valence-corrected chi connectivity index (χ0v) is 12.3. The molecule has 0 heterocycles. The van der Waals surface area contributed by atoms with Crippen molar-refractivity contribution < 1.29 is 9.63 Å². The van der Waals surface area contributed by atoms with Crippen molar-refractivity contribution in [2.24, 2.45) is 0 Å². The minimum absolute atomic E-state index is 0.0640. The van der Waals surface area contributed by atoms with Gasteiger partial charge in [-0.15, -0.1) is 11.8 Å². The summed E-state index contributed by atoms with van der Waals surface area (Å²) >= 11 is 7.38. The Balaban J connectivity index is 1.59. The van der Waals surface area contributed by atoms with Crippen molar-refractivity contribution in [3.05, 3.63) is 34.9 Å². The van der Waals surface area contributed by atoms with E-state index in [9.17, 15) is 4.79 Å². The van der Waals surface area contributed by atoms with Gasteiger partial charge in [-0.3, -0.25) is 9.63 Å². The quantitative estimate of drug-likeness (QED) is 0.816. The van der Waals surface area contributed by atoms with Gasteiger partial charge in [-0.05, 0) is 30.5 Å². The summed E-state index contributed by atoms with van der Waals surface area (Å²) in [5.41, 5.74) is 3.70. The molecule has 0 saturated heterocycles. The van der Waals surface area contributed by atoms with Crippen LogP contribution in [0, 0.1) is 0 Å². The number of carbonyl (C=O) groups is 1. The van der Waals surface area contributed by atoms with E-state index in [-0.39, 0.29) is 12.0 Å². The zero-order valence-electron chi connectivity index (χ0n) is 10.7. The van der Waals surface area contributed by atoms with Crippen LogP contribution < -0.4 is 5.48 Å². The van der Waals surface area contributed by atoms with E-state index >= 15 is 0 Å². The molecule has 1 saturated carbocycles. The highest BCUT2D eigenvalue weighted by Gasteiger charge is 2.16. The Morgan fingerprint density at radius 2 is 2.00 bits per heavy atom. The molecule has 2 rings (SSSR count). The van der Waals surface area contributed by atoms with Crippen LogP contribution in [-0.2, 0) is 15.4 Å². The number of hydroxylamine groups is 1. The van der Waals surface area contributed by atoms with Crippen LogP contribution in [-0.4, -0.2) is 17.8 Å². The van der Waals surface area contributed by atoms with Crippen LogP contribution >= 0.6 is 23.4 Å². The van der Waals surface area contributed by atoms with Crippen LogP contribution in [0.4, 0.5) is 0 Å². The fourth-order valence-corrected chi connectivity index (χ4v) is 2.93. The lowest BCUT2D eigenvalue weighted by Gasteiger charge is -2.11. The molecule has 0 aliphatic heterocycles. The van der Waals surface area contributed by atoms with Gasteiger partial charge in [0.25, 0.3) is 5.91 Å². The molecule has 0 unspecified atom stereocenters. The van der Waals surface area contributed by atoms with Crippen LogP contribution in [0.25, 0.3) is 0 Å². The average Bonchev–Trinajstić information content (AvgIpc) is 2.92. The van der Waals surface area contributed by atoms with Crippen LogP contribution in [0.2, 0.25) is 5.02 Å². The molecule has 0 bridgehead atoms. The Bertz CT molecular complexity index is 404. The van der Waals surface area contributed by atoms with Crippen molar-refractivity contribution in [3.63, 3.8) is 0 Å². The molecular formula is C14H18ClNO2S. The molecule has 0 spiro atoms. The summed E-state index contributed by atoms with van der Waals surface area (Å²) in [5, 5.41) is 0.733. The molecule has 1 aromatic carbocycles. The average molecular weight is 300 g/mol. The topological polar surface area (TPSA) is 38.3 Å². The Kier molecular flexibility index (Phi) is 6.01. The molecule has 5 heteroatoms. The van der Waals surface area contributed by atoms with Crippen molar-refractivity contribution in [1.82, 2.24) is 5.48 Å². The maximum Gasteiger partial charge on any atom is 0.253 e. The van der Waals surface area contributed by atoms with Gasteiger partial charge in [-0.25, -0.2) is 5.48 Å². The number of benzene rings is 1. The number of nitrogens with one attached hydrogen (secondary N) is 1. The van der Waals surface area contributed by atoms with E-state index in [1.165, 1.54) is 18.4 Å². The van der Waals surface area contributed by atoms with Gasteiger partial charge in [0.2, 0.25) is 0 Å². The first-order valence-electron chi connectivity index (χ1n) is 6.51. The summed E-state index contributed by atoms with van der Waals surface area (Å²) < 4.78 is 0. The van der Waals surface area contributed by atoms with E-state index in [2.05, 4.69) is 5.48 Å². The first-order chi connectivity index (χ1) is 9.24. The van der Waals surface area contributed by atoms with Crippen molar-refractivity contribution in [1.29, 1.82) is 0 Å². The Labute approximate surface area is 123 Å². The number of amides is 1. The normalized spacial score (nSPS) is 15.6. The van der Waals surface area contributed by atoms with Gasteiger partial charge in [-0.1, -0.05) is 36.6 Å². The van der Waals surface area contributed by atoms with E-state index in [4.69, 9.17) is 16.4 Å². The molecule has 1 aliphatic carbocycles. The summed E-state index contributed by atoms with van der Waals surface area (Å²) in [5.74, 6) is 1.15.